The van der Waals surface area contributed by atoms with Gasteiger partial charge in [-0.2, -0.15) is 0 Å². The predicted molar refractivity (Wildman–Crippen MR) is 122 cm³/mol. The number of nitrogens with zero attached hydrogens (tertiary/aromatic N) is 2. The first-order valence-corrected chi connectivity index (χ1v) is 11.7. The first kappa shape index (κ1) is 20.7. The minimum Gasteiger partial charge on any atom is -0.393 e. The van der Waals surface area contributed by atoms with Crippen LogP contribution in [0.1, 0.15) is 73.5 Å². The Labute approximate surface area is 184 Å². The number of carbonyl (C=O) groups excluding carboxylic acids is 1. The zero-order chi connectivity index (χ0) is 21.8. The van der Waals surface area contributed by atoms with Crippen LogP contribution in [0.4, 0.5) is 0 Å². The van der Waals surface area contributed by atoms with Crippen molar-refractivity contribution in [1.82, 2.24) is 9.88 Å². The number of aromatic nitrogens is 1. The van der Waals surface area contributed by atoms with Crippen LogP contribution in [0, 0.1) is 5.92 Å². The van der Waals surface area contributed by atoms with Crippen molar-refractivity contribution in [2.75, 3.05) is 13.1 Å². The SMILES string of the molecule is CC(C)N1CC2CC2(c2ccc(-c3cnc(C4CCC(O)CC4)c(C(N)=O)c3)cc2)C1. The van der Waals surface area contributed by atoms with Crippen molar-refractivity contribution in [3.05, 3.63) is 53.3 Å². The molecule has 2 aromatic rings. The fourth-order valence-electron chi connectivity index (χ4n) is 5.86. The van der Waals surface area contributed by atoms with Gasteiger partial charge in [-0.25, -0.2) is 0 Å². The molecule has 5 rings (SSSR count). The number of pyridine rings is 1. The van der Waals surface area contributed by atoms with E-state index in [1.165, 1.54) is 18.5 Å². The van der Waals surface area contributed by atoms with Crippen molar-refractivity contribution in [2.45, 2.75) is 69.4 Å². The second-order valence-corrected chi connectivity index (χ2v) is 10.2. The predicted octanol–water partition coefficient (Wildman–Crippen LogP) is 3.85. The van der Waals surface area contributed by atoms with Gasteiger partial charge >= 0.3 is 0 Å². The number of primary amides is 1. The quantitative estimate of drug-likeness (QED) is 0.772. The fourth-order valence-corrected chi connectivity index (χ4v) is 5.86. The number of amides is 1. The number of aliphatic hydroxyl groups is 1. The molecule has 164 valence electrons. The molecule has 1 saturated heterocycles. The van der Waals surface area contributed by atoms with E-state index in [1.807, 2.05) is 12.3 Å². The van der Waals surface area contributed by atoms with E-state index in [0.717, 1.165) is 55.0 Å². The number of fused-ring (bicyclic) bond motifs is 1. The lowest BCUT2D eigenvalue weighted by Crippen LogP contribution is -2.32. The molecule has 3 N–H and O–H groups in total. The lowest BCUT2D eigenvalue weighted by molar-refractivity contribution is 0.0996. The maximum Gasteiger partial charge on any atom is 0.250 e. The summed E-state index contributed by atoms with van der Waals surface area (Å²) in [5, 5.41) is 9.79. The number of piperidine rings is 1. The Balaban J connectivity index is 1.38. The third kappa shape index (κ3) is 3.68. The zero-order valence-corrected chi connectivity index (χ0v) is 18.6. The van der Waals surface area contributed by atoms with Crippen LogP contribution in [-0.2, 0) is 5.41 Å². The summed E-state index contributed by atoms with van der Waals surface area (Å²) in [7, 11) is 0. The minimum atomic E-state index is -0.425. The molecule has 1 aromatic carbocycles. The molecule has 5 nitrogen and oxygen atoms in total. The Morgan fingerprint density at radius 1 is 1.16 bits per heavy atom. The van der Waals surface area contributed by atoms with Crippen molar-refractivity contribution < 1.29 is 9.90 Å². The summed E-state index contributed by atoms with van der Waals surface area (Å²) in [6, 6.07) is 11.4. The van der Waals surface area contributed by atoms with E-state index in [-0.39, 0.29) is 12.0 Å². The molecule has 3 aliphatic rings. The number of benzene rings is 1. The Hall–Kier alpha value is -2.24. The molecule has 2 atom stereocenters. The van der Waals surface area contributed by atoms with Gasteiger partial charge in [0.2, 0.25) is 0 Å². The van der Waals surface area contributed by atoms with Gasteiger partial charge in [-0.15, -0.1) is 0 Å². The zero-order valence-electron chi connectivity index (χ0n) is 18.6. The number of hydrogen-bond acceptors (Lipinski definition) is 4. The minimum absolute atomic E-state index is 0.194. The normalized spacial score (nSPS) is 30.4. The van der Waals surface area contributed by atoms with Crippen LogP contribution in [-0.4, -0.2) is 46.1 Å². The maximum absolute atomic E-state index is 12.2. The molecule has 0 spiro atoms. The molecule has 1 aromatic heterocycles. The lowest BCUT2D eigenvalue weighted by atomic mass is 9.83. The molecule has 3 fully saturated rings. The van der Waals surface area contributed by atoms with E-state index in [2.05, 4.69) is 48.0 Å². The van der Waals surface area contributed by atoms with Gasteiger partial charge in [0.15, 0.2) is 0 Å². The molecule has 2 heterocycles. The van der Waals surface area contributed by atoms with E-state index in [9.17, 15) is 9.90 Å². The van der Waals surface area contributed by atoms with Gasteiger partial charge < -0.3 is 10.8 Å². The summed E-state index contributed by atoms with van der Waals surface area (Å²) in [6.45, 7) is 6.94. The second kappa shape index (κ2) is 7.72. The highest BCUT2D eigenvalue weighted by Crippen LogP contribution is 2.59. The number of hydrogen-bond donors (Lipinski definition) is 2. The van der Waals surface area contributed by atoms with Gasteiger partial charge in [0, 0.05) is 42.2 Å². The molecule has 5 heteroatoms. The van der Waals surface area contributed by atoms with Gasteiger partial charge in [-0.3, -0.25) is 14.7 Å². The van der Waals surface area contributed by atoms with Crippen LogP contribution >= 0.6 is 0 Å². The van der Waals surface area contributed by atoms with Gasteiger partial charge in [-0.05, 0) is 69.1 Å². The van der Waals surface area contributed by atoms with Crippen LogP contribution in [0.15, 0.2) is 36.5 Å². The summed E-state index contributed by atoms with van der Waals surface area (Å²) in [5.74, 6) is 0.559. The second-order valence-electron chi connectivity index (χ2n) is 10.2. The summed E-state index contributed by atoms with van der Waals surface area (Å²) in [6.07, 6.45) is 6.14. The number of likely N-dealkylation sites (tertiary alicyclic amines) is 1. The van der Waals surface area contributed by atoms with Crippen molar-refractivity contribution in [3.8, 4) is 11.1 Å². The van der Waals surface area contributed by atoms with Gasteiger partial charge in [-0.1, -0.05) is 24.3 Å². The molecule has 0 bridgehead atoms. The first-order valence-electron chi connectivity index (χ1n) is 11.7. The summed E-state index contributed by atoms with van der Waals surface area (Å²) < 4.78 is 0. The number of rotatable bonds is 5. The van der Waals surface area contributed by atoms with Crippen molar-refractivity contribution in [2.24, 2.45) is 11.7 Å². The summed E-state index contributed by atoms with van der Waals surface area (Å²) >= 11 is 0. The van der Waals surface area contributed by atoms with E-state index in [0.29, 0.717) is 17.0 Å². The Bertz CT molecular complexity index is 979. The van der Waals surface area contributed by atoms with Crippen LogP contribution < -0.4 is 5.73 Å². The van der Waals surface area contributed by atoms with E-state index in [4.69, 9.17) is 5.73 Å². The van der Waals surface area contributed by atoms with Crippen molar-refractivity contribution >= 4 is 5.91 Å². The van der Waals surface area contributed by atoms with Crippen LogP contribution in [0.2, 0.25) is 0 Å². The third-order valence-electron chi connectivity index (χ3n) is 7.96. The third-order valence-corrected chi connectivity index (χ3v) is 7.96. The topological polar surface area (TPSA) is 79.4 Å². The van der Waals surface area contributed by atoms with Crippen molar-refractivity contribution in [1.29, 1.82) is 0 Å². The van der Waals surface area contributed by atoms with E-state index >= 15 is 0 Å². The lowest BCUT2D eigenvalue weighted by Gasteiger charge is -2.26. The van der Waals surface area contributed by atoms with Gasteiger partial charge in [0.05, 0.1) is 17.4 Å². The molecule has 2 saturated carbocycles. The van der Waals surface area contributed by atoms with Crippen LogP contribution in [0.3, 0.4) is 0 Å². The molecule has 31 heavy (non-hydrogen) atoms. The maximum atomic E-state index is 12.2. The number of nitrogens with two attached hydrogens (primary N) is 1. The first-order chi connectivity index (χ1) is 14.9. The fraction of sp³-hybridized carbons (Fsp3) is 0.538. The molecular formula is C26H33N3O2. The Kier molecular flexibility index (Phi) is 5.14. The van der Waals surface area contributed by atoms with E-state index in [1.54, 1.807) is 0 Å². The highest BCUT2D eigenvalue weighted by Gasteiger charge is 2.60. The average molecular weight is 420 g/mol. The molecule has 1 aliphatic heterocycles. The molecule has 2 unspecified atom stereocenters. The summed E-state index contributed by atoms with van der Waals surface area (Å²) in [5.41, 5.74) is 10.8. The van der Waals surface area contributed by atoms with Crippen LogP contribution in [0.25, 0.3) is 11.1 Å². The highest BCUT2D eigenvalue weighted by atomic mass is 16.3. The van der Waals surface area contributed by atoms with E-state index < -0.39 is 5.91 Å². The monoisotopic (exact) mass is 419 g/mol. The highest BCUT2D eigenvalue weighted by molar-refractivity contribution is 5.95. The number of carbonyl (C=O) groups is 1. The molecule has 0 radical (unpaired) electrons. The van der Waals surface area contributed by atoms with Crippen molar-refractivity contribution in [3.63, 3.8) is 0 Å². The van der Waals surface area contributed by atoms with Gasteiger partial charge in [0.25, 0.3) is 5.91 Å². The Morgan fingerprint density at radius 3 is 2.48 bits per heavy atom. The standard InChI is InChI=1S/C26H33N3O2/c1-16(2)29-14-21-12-26(21,15-29)20-7-3-17(4-8-20)19-11-23(25(27)31)24(28-13-19)18-5-9-22(30)10-6-18/h3-4,7-8,11,13,16,18,21-22,30H,5-6,9-10,12,14-15H2,1-2H3,(H2,27,31). The van der Waals surface area contributed by atoms with Crippen LogP contribution in [0.5, 0.6) is 0 Å². The Morgan fingerprint density at radius 2 is 1.87 bits per heavy atom. The van der Waals surface area contributed by atoms with Gasteiger partial charge in [0.1, 0.15) is 0 Å². The largest absolute Gasteiger partial charge is 0.393 e. The molecule has 2 aliphatic carbocycles. The average Bonchev–Trinajstić information content (AvgIpc) is 3.34. The number of aliphatic hydroxyl groups excluding tert-OH is 1. The molecular weight excluding hydrogens is 386 g/mol. The smallest absolute Gasteiger partial charge is 0.250 e. The summed E-state index contributed by atoms with van der Waals surface area (Å²) in [4.78, 5) is 19.5. The molecule has 1 amide bonds.